The number of allylic oxidation sites excluding steroid dienone is 1. The Bertz CT molecular complexity index is 890. The number of para-hydroxylation sites is 1. The van der Waals surface area contributed by atoms with Crippen LogP contribution in [-0.4, -0.2) is 35.9 Å². The van der Waals surface area contributed by atoms with Crippen LogP contribution in [-0.2, 0) is 11.2 Å². The molecule has 1 heterocycles. The summed E-state index contributed by atoms with van der Waals surface area (Å²) >= 11 is 0. The first-order valence-corrected chi connectivity index (χ1v) is 8.41. The van der Waals surface area contributed by atoms with E-state index in [4.69, 9.17) is 16.2 Å². The number of nitrogens with two attached hydrogens (primary N) is 2. The smallest absolute Gasteiger partial charge is 0.406 e. The van der Waals surface area contributed by atoms with Crippen LogP contribution in [0.15, 0.2) is 65.8 Å². The SMILES string of the molecule is NC(=O)OC(Cc1ccc(C(=O)c2ccccc2N)cc1)N1C=CC=NC1. The molecule has 0 bridgehead atoms. The van der Waals surface area contributed by atoms with Gasteiger partial charge in [-0.3, -0.25) is 9.79 Å². The van der Waals surface area contributed by atoms with Crippen molar-refractivity contribution in [2.45, 2.75) is 12.6 Å². The van der Waals surface area contributed by atoms with Crippen LogP contribution in [0.3, 0.4) is 0 Å². The number of nitrogens with zero attached hydrogens (tertiary/aromatic N) is 2. The van der Waals surface area contributed by atoms with Crippen molar-refractivity contribution in [2.75, 3.05) is 12.4 Å². The molecule has 1 amide bonds. The molecular formula is C20H20N4O3. The average molecular weight is 364 g/mol. The number of ether oxygens (including phenoxy) is 1. The third kappa shape index (κ3) is 4.52. The van der Waals surface area contributed by atoms with Gasteiger partial charge in [-0.1, -0.05) is 36.4 Å². The Morgan fingerprint density at radius 1 is 1.15 bits per heavy atom. The number of hydrogen-bond donors (Lipinski definition) is 2. The lowest BCUT2D eigenvalue weighted by molar-refractivity contribution is 0.0189. The summed E-state index contributed by atoms with van der Waals surface area (Å²) in [6.07, 6.45) is 4.19. The predicted octanol–water partition coefficient (Wildman–Crippen LogP) is 2.32. The van der Waals surface area contributed by atoms with Gasteiger partial charge in [0.15, 0.2) is 12.0 Å². The van der Waals surface area contributed by atoms with Gasteiger partial charge in [-0.2, -0.15) is 0 Å². The summed E-state index contributed by atoms with van der Waals surface area (Å²) < 4.78 is 5.21. The first-order chi connectivity index (χ1) is 13.0. The Balaban J connectivity index is 1.74. The molecule has 138 valence electrons. The number of rotatable bonds is 6. The Hall–Kier alpha value is -3.61. The molecule has 0 saturated carbocycles. The fraction of sp³-hybridized carbons (Fsp3) is 0.150. The highest BCUT2D eigenvalue weighted by molar-refractivity contribution is 6.12. The molecule has 0 saturated heterocycles. The number of nitrogen functional groups attached to an aromatic ring is 1. The fourth-order valence-corrected chi connectivity index (χ4v) is 2.80. The van der Waals surface area contributed by atoms with Crippen LogP contribution >= 0.6 is 0 Å². The summed E-state index contributed by atoms with van der Waals surface area (Å²) in [5.74, 6) is -0.141. The molecule has 7 nitrogen and oxygen atoms in total. The molecule has 0 aliphatic carbocycles. The van der Waals surface area contributed by atoms with E-state index in [1.54, 1.807) is 59.8 Å². The molecule has 4 N–H and O–H groups in total. The minimum Gasteiger partial charge on any atom is -0.425 e. The largest absolute Gasteiger partial charge is 0.425 e. The number of primary amides is 1. The summed E-state index contributed by atoms with van der Waals surface area (Å²) in [4.78, 5) is 29.7. The quantitative estimate of drug-likeness (QED) is 0.604. The van der Waals surface area contributed by atoms with Crippen LogP contribution in [0.2, 0.25) is 0 Å². The van der Waals surface area contributed by atoms with Gasteiger partial charge < -0.3 is 21.1 Å². The number of hydrogen-bond acceptors (Lipinski definition) is 6. The number of anilines is 1. The molecule has 0 radical (unpaired) electrons. The van der Waals surface area contributed by atoms with Gasteiger partial charge >= 0.3 is 6.09 Å². The third-order valence-corrected chi connectivity index (χ3v) is 4.17. The summed E-state index contributed by atoms with van der Waals surface area (Å²) in [6, 6.07) is 14.1. The molecule has 27 heavy (non-hydrogen) atoms. The van der Waals surface area contributed by atoms with Crippen LogP contribution in [0.1, 0.15) is 21.5 Å². The van der Waals surface area contributed by atoms with Crippen LogP contribution in [0.25, 0.3) is 0 Å². The second-order valence-electron chi connectivity index (χ2n) is 6.04. The normalized spacial score (nSPS) is 14.0. The van der Waals surface area contributed by atoms with Crippen molar-refractivity contribution < 1.29 is 14.3 Å². The second kappa shape index (κ2) is 8.18. The molecule has 7 heteroatoms. The molecule has 1 unspecified atom stereocenters. The van der Waals surface area contributed by atoms with Gasteiger partial charge in [-0.05, 0) is 23.8 Å². The van der Waals surface area contributed by atoms with Crippen molar-refractivity contribution in [1.82, 2.24) is 4.90 Å². The predicted molar refractivity (Wildman–Crippen MR) is 103 cm³/mol. The standard InChI is InChI=1S/C20H20N4O3/c21-17-5-2-1-4-16(17)19(25)15-8-6-14(7-9-15)12-18(27-20(22)26)24-11-3-10-23-13-24/h1-11,18H,12-13,21H2,(H2,22,26). The average Bonchev–Trinajstić information content (AvgIpc) is 2.68. The van der Waals surface area contributed by atoms with Gasteiger partial charge in [-0.25, -0.2) is 4.79 Å². The molecule has 0 aromatic heterocycles. The van der Waals surface area contributed by atoms with E-state index < -0.39 is 12.3 Å². The number of amides is 1. The van der Waals surface area contributed by atoms with Crippen LogP contribution in [0, 0.1) is 0 Å². The van der Waals surface area contributed by atoms with Crippen molar-refractivity contribution in [3.05, 3.63) is 77.5 Å². The maximum atomic E-state index is 12.6. The third-order valence-electron chi connectivity index (χ3n) is 4.17. The van der Waals surface area contributed by atoms with Gasteiger partial charge in [0.25, 0.3) is 0 Å². The van der Waals surface area contributed by atoms with Crippen molar-refractivity contribution in [1.29, 1.82) is 0 Å². The Kier molecular flexibility index (Phi) is 5.51. The van der Waals surface area contributed by atoms with E-state index in [9.17, 15) is 9.59 Å². The maximum absolute atomic E-state index is 12.6. The minimum atomic E-state index is -0.852. The first-order valence-electron chi connectivity index (χ1n) is 8.41. The molecule has 0 fully saturated rings. The maximum Gasteiger partial charge on any atom is 0.406 e. The van der Waals surface area contributed by atoms with Gasteiger partial charge in [0.1, 0.15) is 6.67 Å². The van der Waals surface area contributed by atoms with Crippen molar-refractivity contribution >= 4 is 23.8 Å². The minimum absolute atomic E-state index is 0.141. The van der Waals surface area contributed by atoms with Crippen LogP contribution in [0.5, 0.6) is 0 Å². The van der Waals surface area contributed by atoms with Crippen LogP contribution in [0.4, 0.5) is 10.5 Å². The van der Waals surface area contributed by atoms with E-state index in [0.29, 0.717) is 29.9 Å². The van der Waals surface area contributed by atoms with Gasteiger partial charge in [0.2, 0.25) is 0 Å². The van der Waals surface area contributed by atoms with Crippen LogP contribution < -0.4 is 11.5 Å². The number of aliphatic imine (C=N–C) groups is 1. The lowest BCUT2D eigenvalue weighted by atomic mass is 10.00. The molecular weight excluding hydrogens is 344 g/mol. The monoisotopic (exact) mass is 364 g/mol. The second-order valence-corrected chi connectivity index (χ2v) is 6.04. The molecule has 1 atom stereocenters. The molecule has 2 aromatic rings. The van der Waals surface area contributed by atoms with Gasteiger partial charge in [0.05, 0.1) is 0 Å². The number of ketones is 1. The Morgan fingerprint density at radius 3 is 2.52 bits per heavy atom. The summed E-state index contributed by atoms with van der Waals surface area (Å²) in [5, 5.41) is 0. The molecule has 3 rings (SSSR count). The topological polar surface area (TPSA) is 111 Å². The molecule has 2 aromatic carbocycles. The van der Waals surface area contributed by atoms with Crippen molar-refractivity contribution in [3.63, 3.8) is 0 Å². The van der Waals surface area contributed by atoms with E-state index in [-0.39, 0.29) is 5.78 Å². The number of carbonyl (C=O) groups is 2. The highest BCUT2D eigenvalue weighted by Crippen LogP contribution is 2.18. The summed E-state index contributed by atoms with van der Waals surface area (Å²) in [7, 11) is 0. The van der Waals surface area contributed by atoms with E-state index in [1.165, 1.54) is 0 Å². The number of carbonyl (C=O) groups excluding carboxylic acids is 2. The summed E-state index contributed by atoms with van der Waals surface area (Å²) in [5.41, 5.74) is 13.4. The zero-order chi connectivity index (χ0) is 19.2. The Morgan fingerprint density at radius 2 is 1.89 bits per heavy atom. The first kappa shape index (κ1) is 18.2. The number of benzene rings is 2. The molecule has 0 spiro atoms. The Labute approximate surface area is 156 Å². The van der Waals surface area contributed by atoms with Gasteiger partial charge in [-0.15, -0.1) is 0 Å². The lowest BCUT2D eigenvalue weighted by Gasteiger charge is -2.29. The lowest BCUT2D eigenvalue weighted by Crippen LogP contribution is -2.39. The highest BCUT2D eigenvalue weighted by Gasteiger charge is 2.20. The van der Waals surface area contributed by atoms with E-state index >= 15 is 0 Å². The zero-order valence-electron chi connectivity index (χ0n) is 14.6. The zero-order valence-corrected chi connectivity index (χ0v) is 14.6. The van der Waals surface area contributed by atoms with Crippen molar-refractivity contribution in [2.24, 2.45) is 10.7 Å². The highest BCUT2D eigenvalue weighted by atomic mass is 16.6. The van der Waals surface area contributed by atoms with Crippen molar-refractivity contribution in [3.8, 4) is 0 Å². The molecule has 1 aliphatic heterocycles. The van der Waals surface area contributed by atoms with E-state index in [1.807, 2.05) is 12.1 Å². The fourth-order valence-electron chi connectivity index (χ4n) is 2.80. The van der Waals surface area contributed by atoms with E-state index in [2.05, 4.69) is 4.99 Å². The van der Waals surface area contributed by atoms with Gasteiger partial charge in [0, 0.05) is 35.6 Å². The summed E-state index contributed by atoms with van der Waals surface area (Å²) in [6.45, 7) is 0.373. The molecule has 1 aliphatic rings. The van der Waals surface area contributed by atoms with E-state index in [0.717, 1.165) is 5.56 Å².